The number of halogens is 1. The fourth-order valence-corrected chi connectivity index (χ4v) is 4.00. The lowest BCUT2D eigenvalue weighted by Crippen LogP contribution is -2.29. The number of carboxylic acid groups (broad SMARTS) is 1. The minimum atomic E-state index is -1.39. The third-order valence-corrected chi connectivity index (χ3v) is 5.83. The van der Waals surface area contributed by atoms with E-state index in [9.17, 15) is 24.5 Å². The summed E-state index contributed by atoms with van der Waals surface area (Å²) < 4.78 is 25.8. The van der Waals surface area contributed by atoms with Crippen molar-refractivity contribution in [1.82, 2.24) is 4.98 Å². The van der Waals surface area contributed by atoms with Gasteiger partial charge in [-0.15, -0.1) is 0 Å². The van der Waals surface area contributed by atoms with Crippen molar-refractivity contribution in [3.63, 3.8) is 0 Å². The van der Waals surface area contributed by atoms with E-state index in [1.165, 1.54) is 18.2 Å². The highest BCUT2D eigenvalue weighted by Crippen LogP contribution is 2.45. The largest absolute Gasteiger partial charge is 0.550 e. The highest BCUT2D eigenvalue weighted by molar-refractivity contribution is 5.85. The maximum Gasteiger partial charge on any atom is 0.170 e. The molecule has 0 aliphatic rings. The summed E-state index contributed by atoms with van der Waals surface area (Å²) in [7, 11) is 1.55. The average molecular weight is 509 g/mol. The van der Waals surface area contributed by atoms with Gasteiger partial charge in [0, 0.05) is 36.8 Å². The Balaban J connectivity index is 2.13. The van der Waals surface area contributed by atoms with Crippen LogP contribution < -0.4 is 14.6 Å². The van der Waals surface area contributed by atoms with Crippen molar-refractivity contribution in [3.8, 4) is 22.6 Å². The molecule has 0 fully saturated rings. The zero-order valence-corrected chi connectivity index (χ0v) is 21.1. The number of nitrogens with zero attached hydrogens (tertiary/aromatic N) is 1. The number of hydrogen-bond donors (Lipinski definition) is 2. The summed E-state index contributed by atoms with van der Waals surface area (Å²) >= 11 is 0. The number of methoxy groups -OCH3 is 1. The first-order chi connectivity index (χ1) is 17.7. The fourth-order valence-electron chi connectivity index (χ4n) is 4.00. The minimum absolute atomic E-state index is 0.0443. The molecule has 2 atom stereocenters. The molecule has 0 aliphatic carbocycles. The van der Waals surface area contributed by atoms with Crippen LogP contribution in [-0.2, 0) is 11.4 Å². The van der Waals surface area contributed by atoms with Gasteiger partial charge in [0.2, 0.25) is 0 Å². The van der Waals surface area contributed by atoms with Crippen molar-refractivity contribution in [2.24, 2.45) is 0 Å². The lowest BCUT2D eigenvalue weighted by molar-refractivity contribution is -0.307. The van der Waals surface area contributed by atoms with E-state index in [1.54, 1.807) is 37.7 Å². The number of aromatic nitrogens is 1. The van der Waals surface area contributed by atoms with Crippen molar-refractivity contribution in [3.05, 3.63) is 83.4 Å². The van der Waals surface area contributed by atoms with E-state index in [-0.39, 0.29) is 24.8 Å². The highest BCUT2D eigenvalue weighted by Gasteiger charge is 2.22. The molecule has 0 bridgehead atoms. The quantitative estimate of drug-likeness (QED) is 0.382. The highest BCUT2D eigenvalue weighted by atomic mass is 19.1. The van der Waals surface area contributed by atoms with E-state index in [2.05, 4.69) is 4.98 Å². The summed E-state index contributed by atoms with van der Waals surface area (Å²) in [6.45, 7) is 4.26. The van der Waals surface area contributed by atoms with Gasteiger partial charge < -0.3 is 29.6 Å². The van der Waals surface area contributed by atoms with Crippen LogP contribution in [0.25, 0.3) is 17.2 Å². The number of carboxylic acids is 1. The second-order valence-corrected chi connectivity index (χ2v) is 8.98. The first-order valence-electron chi connectivity index (χ1n) is 12.0. The summed E-state index contributed by atoms with van der Waals surface area (Å²) in [5, 5.41) is 31.1. The second-order valence-electron chi connectivity index (χ2n) is 8.98. The Kier molecular flexibility index (Phi) is 9.77. The molecule has 7 nitrogen and oxygen atoms in total. The molecule has 1 aromatic heterocycles. The number of benzene rings is 2. The molecule has 2 unspecified atom stereocenters. The summed E-state index contributed by atoms with van der Waals surface area (Å²) in [5.74, 6) is -0.789. The molecule has 3 aromatic rings. The first-order valence-corrected chi connectivity index (χ1v) is 12.0. The van der Waals surface area contributed by atoms with Gasteiger partial charge in [-0.25, -0.2) is 4.39 Å². The molecule has 0 spiro atoms. The van der Waals surface area contributed by atoms with E-state index in [0.717, 1.165) is 16.7 Å². The number of rotatable bonds is 12. The number of aliphatic hydroxyl groups excluding tert-OH is 2. The van der Waals surface area contributed by atoms with Gasteiger partial charge in [-0.1, -0.05) is 38.1 Å². The molecule has 0 aliphatic heterocycles. The molecule has 0 radical (unpaired) electrons. The molecule has 196 valence electrons. The molecule has 2 aromatic carbocycles. The number of carbonyl (C=O) groups is 1. The van der Waals surface area contributed by atoms with Gasteiger partial charge in [-0.2, -0.15) is 0 Å². The fraction of sp³-hybridized carbons (Fsp3) is 0.310. The molecular formula is C29H31FNO6-. The van der Waals surface area contributed by atoms with Crippen LogP contribution in [0, 0.1) is 5.82 Å². The molecule has 0 saturated carbocycles. The molecule has 0 saturated heterocycles. The number of aliphatic carboxylic acids is 1. The smallest absolute Gasteiger partial charge is 0.170 e. The zero-order valence-electron chi connectivity index (χ0n) is 21.1. The summed E-state index contributed by atoms with van der Waals surface area (Å²) in [6, 6.07) is 11.5. The van der Waals surface area contributed by atoms with Crippen molar-refractivity contribution in [1.29, 1.82) is 0 Å². The summed E-state index contributed by atoms with van der Waals surface area (Å²) in [4.78, 5) is 14.8. The zero-order chi connectivity index (χ0) is 26.9. The third kappa shape index (κ3) is 7.62. The standard InChI is InChI=1S/C29H32FNO6/c1-18(2)25-16-26(36-3)29(37-17-19-10-12-31-13-11-19)28(20-4-6-21(30)7-5-20)24(25)9-8-22(32)14-23(33)15-27(34)35/h4-13,16,18,22-23,32-33H,14-15,17H2,1-3H3,(H,34,35)/p-1/b9-8+. The van der Waals surface area contributed by atoms with E-state index in [1.807, 2.05) is 32.0 Å². The van der Waals surface area contributed by atoms with Crippen molar-refractivity contribution >= 4 is 12.0 Å². The van der Waals surface area contributed by atoms with Crippen LogP contribution in [0.15, 0.2) is 60.9 Å². The number of carbonyl (C=O) groups excluding carboxylic acids is 1. The first kappa shape index (κ1) is 27.8. The molecule has 8 heteroatoms. The monoisotopic (exact) mass is 508 g/mol. The summed E-state index contributed by atoms with van der Waals surface area (Å²) in [5.41, 5.74) is 3.84. The molecule has 37 heavy (non-hydrogen) atoms. The van der Waals surface area contributed by atoms with E-state index in [4.69, 9.17) is 9.47 Å². The predicted molar refractivity (Wildman–Crippen MR) is 136 cm³/mol. The van der Waals surface area contributed by atoms with E-state index < -0.39 is 24.6 Å². The molecule has 0 amide bonds. The number of aliphatic hydroxyl groups is 2. The number of pyridine rings is 1. The Labute approximate surface area is 215 Å². The Morgan fingerprint density at radius 2 is 1.81 bits per heavy atom. The van der Waals surface area contributed by atoms with Crippen LogP contribution in [-0.4, -0.2) is 40.5 Å². The Bertz CT molecular complexity index is 1210. The van der Waals surface area contributed by atoms with Crippen LogP contribution in [0.2, 0.25) is 0 Å². The molecule has 2 N–H and O–H groups in total. The van der Waals surface area contributed by atoms with Gasteiger partial charge in [0.1, 0.15) is 12.4 Å². The lowest BCUT2D eigenvalue weighted by Gasteiger charge is -2.23. The van der Waals surface area contributed by atoms with Crippen molar-refractivity contribution in [2.45, 2.75) is 51.4 Å². The Hall–Kier alpha value is -3.75. The van der Waals surface area contributed by atoms with Crippen molar-refractivity contribution in [2.75, 3.05) is 7.11 Å². The Morgan fingerprint density at radius 1 is 1.14 bits per heavy atom. The number of hydrogen-bond acceptors (Lipinski definition) is 7. The van der Waals surface area contributed by atoms with Crippen molar-refractivity contribution < 1.29 is 34.0 Å². The van der Waals surface area contributed by atoms with Gasteiger partial charge in [-0.05, 0) is 58.5 Å². The van der Waals surface area contributed by atoms with Crippen LogP contribution in [0.1, 0.15) is 49.3 Å². The number of ether oxygens (including phenoxy) is 2. The van der Waals surface area contributed by atoms with E-state index in [0.29, 0.717) is 22.6 Å². The minimum Gasteiger partial charge on any atom is -0.550 e. The van der Waals surface area contributed by atoms with Crippen LogP contribution in [0.4, 0.5) is 4.39 Å². The van der Waals surface area contributed by atoms with Crippen LogP contribution in [0.5, 0.6) is 11.5 Å². The second kappa shape index (κ2) is 13.0. The third-order valence-electron chi connectivity index (χ3n) is 5.83. The maximum absolute atomic E-state index is 13.8. The predicted octanol–water partition coefficient (Wildman–Crippen LogP) is 3.86. The molecule has 3 rings (SSSR count). The van der Waals surface area contributed by atoms with Gasteiger partial charge in [0.15, 0.2) is 11.5 Å². The maximum atomic E-state index is 13.8. The lowest BCUT2D eigenvalue weighted by atomic mass is 9.88. The summed E-state index contributed by atoms with van der Waals surface area (Å²) in [6.07, 6.45) is 3.44. The molecular weight excluding hydrogens is 477 g/mol. The Morgan fingerprint density at radius 3 is 2.41 bits per heavy atom. The van der Waals surface area contributed by atoms with Gasteiger partial charge in [0.25, 0.3) is 0 Å². The van der Waals surface area contributed by atoms with Crippen LogP contribution >= 0.6 is 0 Å². The molecule has 1 heterocycles. The van der Waals surface area contributed by atoms with E-state index >= 15 is 0 Å². The SMILES string of the molecule is COc1cc(C(C)C)c(/C=C/C(O)CC(O)CC(=O)[O-])c(-c2ccc(F)cc2)c1OCc1ccncc1. The van der Waals surface area contributed by atoms with Gasteiger partial charge >= 0.3 is 0 Å². The average Bonchev–Trinajstić information content (AvgIpc) is 2.86. The van der Waals surface area contributed by atoms with Gasteiger partial charge in [0.05, 0.1) is 19.3 Å². The van der Waals surface area contributed by atoms with Gasteiger partial charge in [-0.3, -0.25) is 4.98 Å². The van der Waals surface area contributed by atoms with Crippen LogP contribution in [0.3, 0.4) is 0 Å². The topological polar surface area (TPSA) is 112 Å². The normalized spacial score (nSPS) is 13.1.